The number of hydrogen-bond donors (Lipinski definition) is 1. The number of alkyl halides is 1. The van der Waals surface area contributed by atoms with Crippen molar-refractivity contribution in [1.29, 1.82) is 0 Å². The molecule has 0 aliphatic heterocycles. The molecule has 0 spiro atoms. The summed E-state index contributed by atoms with van der Waals surface area (Å²) in [6, 6.07) is 0. The van der Waals surface area contributed by atoms with Crippen LogP contribution in [0.4, 0.5) is 9.18 Å². The molecule has 2 atom stereocenters. The predicted molar refractivity (Wildman–Crippen MR) is 33.8 cm³/mol. The Labute approximate surface area is 58.8 Å². The van der Waals surface area contributed by atoms with Crippen LogP contribution in [0.15, 0.2) is 0 Å². The van der Waals surface area contributed by atoms with Gasteiger partial charge in [-0.1, -0.05) is 6.92 Å². The molecule has 1 N–H and O–H groups in total. The molecule has 4 heteroatoms. The maximum absolute atomic E-state index is 12.5. The van der Waals surface area contributed by atoms with Crippen molar-refractivity contribution < 1.29 is 19.0 Å². The Bertz CT molecular complexity index is 116. The van der Waals surface area contributed by atoms with Gasteiger partial charge >= 0.3 is 6.16 Å². The average Bonchev–Trinajstić information content (AvgIpc) is 1.85. The SMILES string of the molecule is CCC(F)C(C)OC(=O)O. The van der Waals surface area contributed by atoms with Crippen LogP contribution in [0.5, 0.6) is 0 Å². The summed E-state index contributed by atoms with van der Waals surface area (Å²) < 4.78 is 16.6. The molecule has 10 heavy (non-hydrogen) atoms. The Hall–Kier alpha value is -0.800. The zero-order valence-electron chi connectivity index (χ0n) is 6.00. The molecular formula is C6H11FO3. The Morgan fingerprint density at radius 2 is 2.30 bits per heavy atom. The molecule has 0 rings (SSSR count). The van der Waals surface area contributed by atoms with Crippen molar-refractivity contribution in [2.75, 3.05) is 0 Å². The second kappa shape index (κ2) is 4.09. The van der Waals surface area contributed by atoms with Crippen molar-refractivity contribution in [2.45, 2.75) is 32.5 Å². The van der Waals surface area contributed by atoms with E-state index >= 15 is 0 Å². The summed E-state index contributed by atoms with van der Waals surface area (Å²) in [6.07, 6.45) is -3.21. The molecule has 60 valence electrons. The number of ether oxygens (including phenoxy) is 1. The van der Waals surface area contributed by atoms with E-state index in [4.69, 9.17) is 5.11 Å². The third-order valence-corrected chi connectivity index (χ3v) is 1.19. The van der Waals surface area contributed by atoms with Crippen LogP contribution in [0.1, 0.15) is 20.3 Å². The van der Waals surface area contributed by atoms with Crippen LogP contribution in [-0.4, -0.2) is 23.5 Å². The minimum atomic E-state index is -1.43. The van der Waals surface area contributed by atoms with E-state index in [0.717, 1.165) is 0 Å². The first-order valence-corrected chi connectivity index (χ1v) is 3.11. The van der Waals surface area contributed by atoms with Crippen molar-refractivity contribution in [2.24, 2.45) is 0 Å². The van der Waals surface area contributed by atoms with Gasteiger partial charge in [-0.3, -0.25) is 0 Å². The summed E-state index contributed by atoms with van der Waals surface area (Å²) in [6.45, 7) is 3.02. The lowest BCUT2D eigenvalue weighted by atomic mass is 10.2. The fraction of sp³-hybridized carbons (Fsp3) is 0.833. The van der Waals surface area contributed by atoms with Crippen LogP contribution in [0.2, 0.25) is 0 Å². The van der Waals surface area contributed by atoms with E-state index in [1.54, 1.807) is 6.92 Å². The standard InChI is InChI=1S/C6H11FO3/c1-3-5(7)4(2)10-6(8)9/h4-5H,3H2,1-2H3,(H,8,9). The smallest absolute Gasteiger partial charge is 0.450 e. The number of halogens is 1. The fourth-order valence-corrected chi connectivity index (χ4v) is 0.565. The van der Waals surface area contributed by atoms with Gasteiger partial charge in [-0.05, 0) is 13.3 Å². The van der Waals surface area contributed by atoms with Crippen molar-refractivity contribution in [3.63, 3.8) is 0 Å². The molecule has 0 radical (unpaired) electrons. The second-order valence-electron chi connectivity index (χ2n) is 2.01. The zero-order chi connectivity index (χ0) is 8.15. The van der Waals surface area contributed by atoms with Crippen molar-refractivity contribution in [3.05, 3.63) is 0 Å². The first-order chi connectivity index (χ1) is 4.57. The number of carbonyl (C=O) groups is 1. The van der Waals surface area contributed by atoms with Gasteiger partial charge in [0.1, 0.15) is 12.3 Å². The zero-order valence-corrected chi connectivity index (χ0v) is 6.00. The van der Waals surface area contributed by atoms with E-state index in [2.05, 4.69) is 4.74 Å². The minimum Gasteiger partial charge on any atom is -0.450 e. The Balaban J connectivity index is 3.61. The lowest BCUT2D eigenvalue weighted by Crippen LogP contribution is -2.23. The molecule has 0 aromatic rings. The third-order valence-electron chi connectivity index (χ3n) is 1.19. The second-order valence-corrected chi connectivity index (χ2v) is 2.01. The van der Waals surface area contributed by atoms with Crippen LogP contribution >= 0.6 is 0 Å². The first-order valence-electron chi connectivity index (χ1n) is 3.11. The van der Waals surface area contributed by atoms with Crippen molar-refractivity contribution >= 4 is 6.16 Å². The highest BCUT2D eigenvalue weighted by Crippen LogP contribution is 2.06. The molecule has 0 fully saturated rings. The van der Waals surface area contributed by atoms with E-state index < -0.39 is 18.4 Å². The van der Waals surface area contributed by atoms with E-state index in [-0.39, 0.29) is 6.42 Å². The van der Waals surface area contributed by atoms with Gasteiger partial charge in [-0.2, -0.15) is 0 Å². The van der Waals surface area contributed by atoms with Gasteiger partial charge in [0.25, 0.3) is 0 Å². The fourth-order valence-electron chi connectivity index (χ4n) is 0.565. The molecule has 0 aromatic carbocycles. The Morgan fingerprint density at radius 3 is 2.60 bits per heavy atom. The highest BCUT2D eigenvalue weighted by molar-refractivity contribution is 5.57. The normalized spacial score (nSPS) is 15.9. The van der Waals surface area contributed by atoms with Crippen molar-refractivity contribution in [1.82, 2.24) is 0 Å². The van der Waals surface area contributed by atoms with Crippen molar-refractivity contribution in [3.8, 4) is 0 Å². The monoisotopic (exact) mass is 150 g/mol. The molecule has 0 aromatic heterocycles. The highest BCUT2D eigenvalue weighted by Gasteiger charge is 2.17. The summed E-state index contributed by atoms with van der Waals surface area (Å²) in [4.78, 5) is 9.84. The summed E-state index contributed by atoms with van der Waals surface area (Å²) in [7, 11) is 0. The van der Waals surface area contributed by atoms with E-state index in [1.165, 1.54) is 6.92 Å². The Morgan fingerprint density at radius 1 is 1.80 bits per heavy atom. The molecule has 0 aliphatic rings. The van der Waals surface area contributed by atoms with Crippen LogP contribution in [0.25, 0.3) is 0 Å². The Kier molecular flexibility index (Phi) is 3.76. The minimum absolute atomic E-state index is 0.272. The molecule has 0 aliphatic carbocycles. The number of carboxylic acid groups (broad SMARTS) is 1. The van der Waals surface area contributed by atoms with Gasteiger partial charge in [0.05, 0.1) is 0 Å². The quantitative estimate of drug-likeness (QED) is 0.624. The number of rotatable bonds is 3. The van der Waals surface area contributed by atoms with Gasteiger partial charge in [0, 0.05) is 0 Å². The molecule has 2 unspecified atom stereocenters. The molecular weight excluding hydrogens is 139 g/mol. The summed E-state index contributed by atoms with van der Waals surface area (Å²) >= 11 is 0. The third kappa shape index (κ3) is 3.27. The lowest BCUT2D eigenvalue weighted by molar-refractivity contribution is 0.0210. The van der Waals surface area contributed by atoms with Crippen LogP contribution in [-0.2, 0) is 4.74 Å². The van der Waals surface area contributed by atoms with Crippen LogP contribution < -0.4 is 0 Å². The largest absolute Gasteiger partial charge is 0.506 e. The molecule has 0 saturated carbocycles. The molecule has 0 amide bonds. The van der Waals surface area contributed by atoms with Gasteiger partial charge in [-0.15, -0.1) is 0 Å². The maximum Gasteiger partial charge on any atom is 0.506 e. The summed E-state index contributed by atoms with van der Waals surface area (Å²) in [5.41, 5.74) is 0. The van der Waals surface area contributed by atoms with Crippen LogP contribution in [0, 0.1) is 0 Å². The van der Waals surface area contributed by atoms with E-state index in [1.807, 2.05) is 0 Å². The summed E-state index contributed by atoms with van der Waals surface area (Å²) in [5.74, 6) is 0. The highest BCUT2D eigenvalue weighted by atomic mass is 19.1. The first kappa shape index (κ1) is 9.20. The molecule has 0 heterocycles. The maximum atomic E-state index is 12.5. The summed E-state index contributed by atoms with van der Waals surface area (Å²) in [5, 5.41) is 8.04. The average molecular weight is 150 g/mol. The van der Waals surface area contributed by atoms with E-state index in [0.29, 0.717) is 0 Å². The lowest BCUT2D eigenvalue weighted by Gasteiger charge is -2.12. The van der Waals surface area contributed by atoms with Crippen LogP contribution in [0.3, 0.4) is 0 Å². The molecule has 3 nitrogen and oxygen atoms in total. The van der Waals surface area contributed by atoms with Gasteiger partial charge in [0.15, 0.2) is 0 Å². The van der Waals surface area contributed by atoms with E-state index in [9.17, 15) is 9.18 Å². The number of hydrogen-bond acceptors (Lipinski definition) is 2. The topological polar surface area (TPSA) is 46.5 Å². The molecule has 0 bridgehead atoms. The van der Waals surface area contributed by atoms with Gasteiger partial charge in [-0.25, -0.2) is 9.18 Å². The predicted octanol–water partition coefficient (Wildman–Crippen LogP) is 1.82. The van der Waals surface area contributed by atoms with Gasteiger partial charge in [0.2, 0.25) is 0 Å². The molecule has 0 saturated heterocycles. The van der Waals surface area contributed by atoms with Gasteiger partial charge < -0.3 is 9.84 Å².